The summed E-state index contributed by atoms with van der Waals surface area (Å²) in [5.41, 5.74) is 0.990. The number of carbonyl (C=O) groups is 1. The van der Waals surface area contributed by atoms with Crippen LogP contribution in [0.2, 0.25) is 5.02 Å². The second kappa shape index (κ2) is 17.6. The zero-order valence-corrected chi connectivity index (χ0v) is 27.6. The molecule has 0 amide bonds. The highest BCUT2D eigenvalue weighted by molar-refractivity contribution is 6.30. The Morgan fingerprint density at radius 3 is 2.15 bits per heavy atom. The van der Waals surface area contributed by atoms with Crippen LogP contribution in [0.5, 0.6) is 5.75 Å². The summed E-state index contributed by atoms with van der Waals surface area (Å²) < 4.78 is 56.5. The molecule has 1 fully saturated rings. The second-order valence-corrected chi connectivity index (χ2v) is 12.3. The Balaban J connectivity index is 0.000000220. The maximum atomic E-state index is 12.9. The molecule has 4 aromatic carbocycles. The highest BCUT2D eigenvalue weighted by atomic mass is 35.5. The molecule has 0 radical (unpaired) electrons. The van der Waals surface area contributed by atoms with E-state index in [1.165, 1.54) is 36.4 Å². The van der Waals surface area contributed by atoms with Gasteiger partial charge in [-0.1, -0.05) is 54.1 Å². The van der Waals surface area contributed by atoms with E-state index >= 15 is 0 Å². The molecule has 0 aromatic heterocycles. The predicted octanol–water partition coefficient (Wildman–Crippen LogP) is 8.86. The Morgan fingerprint density at radius 2 is 1.56 bits per heavy atom. The van der Waals surface area contributed by atoms with Crippen molar-refractivity contribution in [1.82, 2.24) is 10.2 Å². The minimum atomic E-state index is -4.33. The first-order valence-corrected chi connectivity index (χ1v) is 16.4. The Kier molecular flexibility index (Phi) is 13.6. The normalized spacial score (nSPS) is 15.2. The fourth-order valence-corrected chi connectivity index (χ4v) is 5.69. The van der Waals surface area contributed by atoms with Crippen molar-refractivity contribution in [2.75, 3.05) is 33.2 Å². The lowest BCUT2D eigenvalue weighted by Gasteiger charge is -2.38. The maximum Gasteiger partial charge on any atom is 0.416 e. The standard InChI is InChI=1S/C21H23ClFNO2.C17H18F3NO/c22-18-7-5-17(6-8-18)21(26)11-14-24(15-12-21)13-1-2-20(25)16-3-9-19(23)10-4-16;1-21-12-11-16(13-5-3-2-4-6-13)22-15-9-7-14(8-10-15)17(18,19)20/h3-10,26H,1-2,11-15H2;2-10,16,21H,11-12H2,1H3. The third-order valence-corrected chi connectivity index (χ3v) is 8.65. The van der Waals surface area contributed by atoms with Gasteiger partial charge in [-0.25, -0.2) is 4.39 Å². The average Bonchev–Trinajstić information content (AvgIpc) is 3.08. The van der Waals surface area contributed by atoms with Gasteiger partial charge in [0.15, 0.2) is 5.78 Å². The molecule has 1 heterocycles. The van der Waals surface area contributed by atoms with Crippen LogP contribution in [0, 0.1) is 5.82 Å². The molecule has 1 unspecified atom stereocenters. The maximum absolute atomic E-state index is 12.9. The topological polar surface area (TPSA) is 61.8 Å². The number of rotatable bonds is 12. The molecule has 256 valence electrons. The number of aliphatic hydroxyl groups is 1. The molecule has 0 spiro atoms. The molecule has 0 bridgehead atoms. The minimum Gasteiger partial charge on any atom is -0.486 e. The number of hydrogen-bond acceptors (Lipinski definition) is 5. The van der Waals surface area contributed by atoms with Gasteiger partial charge in [0.25, 0.3) is 0 Å². The van der Waals surface area contributed by atoms with E-state index in [-0.39, 0.29) is 17.7 Å². The highest BCUT2D eigenvalue weighted by Crippen LogP contribution is 2.34. The predicted molar refractivity (Wildman–Crippen MR) is 181 cm³/mol. The van der Waals surface area contributed by atoms with Crippen LogP contribution in [-0.4, -0.2) is 49.0 Å². The molecule has 0 aliphatic carbocycles. The van der Waals surface area contributed by atoms with Crippen LogP contribution in [0.15, 0.2) is 103 Å². The third kappa shape index (κ3) is 11.2. The smallest absolute Gasteiger partial charge is 0.416 e. The molecular weight excluding hydrogens is 644 g/mol. The lowest BCUT2D eigenvalue weighted by atomic mass is 9.84. The number of carbonyl (C=O) groups excluding carboxylic acids is 1. The first-order chi connectivity index (χ1) is 23.0. The van der Waals surface area contributed by atoms with Crippen molar-refractivity contribution in [3.8, 4) is 5.75 Å². The van der Waals surface area contributed by atoms with E-state index < -0.39 is 17.3 Å². The number of Topliss-reactive ketones (excluding diaryl/α,β-unsaturated/α-hetero) is 1. The van der Waals surface area contributed by atoms with Gasteiger partial charge in [0, 0.05) is 36.5 Å². The van der Waals surface area contributed by atoms with Crippen LogP contribution in [0.1, 0.15) is 65.3 Å². The molecule has 1 atom stereocenters. The van der Waals surface area contributed by atoms with Gasteiger partial charge in [-0.05, 0) is 111 Å². The number of ketones is 1. The van der Waals surface area contributed by atoms with E-state index in [9.17, 15) is 27.5 Å². The molecule has 1 saturated heterocycles. The molecule has 0 saturated carbocycles. The summed E-state index contributed by atoms with van der Waals surface area (Å²) in [6, 6.07) is 27.5. The summed E-state index contributed by atoms with van der Waals surface area (Å²) in [7, 11) is 1.85. The number of likely N-dealkylation sites (tertiary alicyclic amines) is 1. The van der Waals surface area contributed by atoms with Crippen molar-refractivity contribution in [2.24, 2.45) is 0 Å². The number of nitrogens with zero attached hydrogens (tertiary/aromatic N) is 1. The van der Waals surface area contributed by atoms with Gasteiger partial charge < -0.3 is 20.1 Å². The summed E-state index contributed by atoms with van der Waals surface area (Å²) >= 11 is 5.92. The Labute approximate surface area is 284 Å². The van der Waals surface area contributed by atoms with E-state index in [1.807, 2.05) is 61.6 Å². The van der Waals surface area contributed by atoms with E-state index in [0.29, 0.717) is 35.6 Å². The lowest BCUT2D eigenvalue weighted by Crippen LogP contribution is -2.42. The number of ether oxygens (including phenoxy) is 1. The van der Waals surface area contributed by atoms with Gasteiger partial charge >= 0.3 is 6.18 Å². The molecule has 10 heteroatoms. The van der Waals surface area contributed by atoms with Gasteiger partial charge in [-0.3, -0.25) is 4.79 Å². The molecule has 5 rings (SSSR count). The van der Waals surface area contributed by atoms with E-state index in [4.69, 9.17) is 16.3 Å². The molecule has 2 N–H and O–H groups in total. The summed E-state index contributed by atoms with van der Waals surface area (Å²) in [5.74, 6) is 0.140. The lowest BCUT2D eigenvalue weighted by molar-refractivity contribution is -0.137. The summed E-state index contributed by atoms with van der Waals surface area (Å²) in [4.78, 5) is 14.4. The number of hydrogen-bond donors (Lipinski definition) is 2. The fourth-order valence-electron chi connectivity index (χ4n) is 5.56. The van der Waals surface area contributed by atoms with Gasteiger partial charge in [0.1, 0.15) is 17.7 Å². The van der Waals surface area contributed by atoms with Crippen molar-refractivity contribution in [1.29, 1.82) is 0 Å². The largest absolute Gasteiger partial charge is 0.486 e. The van der Waals surface area contributed by atoms with E-state index in [2.05, 4.69) is 10.2 Å². The number of benzene rings is 4. The van der Waals surface area contributed by atoms with Crippen molar-refractivity contribution in [3.63, 3.8) is 0 Å². The van der Waals surface area contributed by atoms with Gasteiger partial charge in [0.2, 0.25) is 0 Å². The average molecular weight is 685 g/mol. The number of nitrogens with one attached hydrogen (secondary N) is 1. The molecule has 5 nitrogen and oxygen atoms in total. The van der Waals surface area contributed by atoms with Crippen molar-refractivity contribution in [2.45, 2.75) is 50.0 Å². The van der Waals surface area contributed by atoms with Crippen molar-refractivity contribution in [3.05, 3.63) is 136 Å². The van der Waals surface area contributed by atoms with Gasteiger partial charge in [-0.2, -0.15) is 13.2 Å². The molecule has 4 aromatic rings. The summed E-state index contributed by atoms with van der Waals surface area (Å²) in [6.45, 7) is 3.16. The quantitative estimate of drug-likeness (QED) is 0.115. The first-order valence-electron chi connectivity index (χ1n) is 16.0. The Morgan fingerprint density at radius 1 is 0.938 bits per heavy atom. The van der Waals surface area contributed by atoms with Crippen LogP contribution in [0.4, 0.5) is 17.6 Å². The highest BCUT2D eigenvalue weighted by Gasteiger charge is 2.34. The fraction of sp³-hybridized carbons (Fsp3) is 0.342. The van der Waals surface area contributed by atoms with Crippen LogP contribution >= 0.6 is 11.6 Å². The molecule has 1 aliphatic rings. The summed E-state index contributed by atoms with van der Waals surface area (Å²) in [5, 5.41) is 14.6. The molecule has 1 aliphatic heterocycles. The van der Waals surface area contributed by atoms with Crippen molar-refractivity contribution < 1.29 is 32.2 Å². The van der Waals surface area contributed by atoms with Crippen LogP contribution in [0.25, 0.3) is 0 Å². The monoisotopic (exact) mass is 684 g/mol. The first kappa shape index (κ1) is 37.1. The second-order valence-electron chi connectivity index (χ2n) is 11.8. The molecule has 48 heavy (non-hydrogen) atoms. The van der Waals surface area contributed by atoms with Gasteiger partial charge in [0.05, 0.1) is 11.2 Å². The van der Waals surface area contributed by atoms with Crippen molar-refractivity contribution >= 4 is 17.4 Å². The van der Waals surface area contributed by atoms with Gasteiger partial charge in [-0.15, -0.1) is 0 Å². The minimum absolute atomic E-state index is 0.0414. The third-order valence-electron chi connectivity index (χ3n) is 8.40. The number of alkyl halides is 3. The number of piperidine rings is 1. The summed E-state index contributed by atoms with van der Waals surface area (Å²) in [6.07, 6.45) is -1.27. The molecular formula is C38H41ClF4N2O3. The van der Waals surface area contributed by atoms with E-state index in [0.717, 1.165) is 62.3 Å². The SMILES string of the molecule is CNCCC(Oc1ccc(C(F)(F)F)cc1)c1ccccc1.O=C(CCCN1CCC(O)(c2ccc(Cl)cc2)CC1)c1ccc(F)cc1. The zero-order valence-electron chi connectivity index (χ0n) is 26.9. The van der Waals surface area contributed by atoms with E-state index in [1.54, 1.807) is 0 Å². The number of halogens is 5. The van der Waals surface area contributed by atoms with Crippen LogP contribution in [-0.2, 0) is 11.8 Å². The Hall–Kier alpha value is -3.76. The Bertz CT molecular complexity index is 1540. The van der Waals surface area contributed by atoms with Crippen LogP contribution < -0.4 is 10.1 Å². The zero-order chi connectivity index (χ0) is 34.6. The van der Waals surface area contributed by atoms with Crippen LogP contribution in [0.3, 0.4) is 0 Å².